The second-order valence-electron chi connectivity index (χ2n) is 6.81. The summed E-state index contributed by atoms with van der Waals surface area (Å²) in [4.78, 5) is 35.9. The van der Waals surface area contributed by atoms with Gasteiger partial charge in [-0.05, 0) is 55.8 Å². The molecule has 0 aromatic heterocycles. The minimum Gasteiger partial charge on any atom is -0.506 e. The Kier molecular flexibility index (Phi) is 9.03. The van der Waals surface area contributed by atoms with Crippen molar-refractivity contribution < 1.29 is 29.0 Å². The zero-order chi connectivity index (χ0) is 21.5. The summed E-state index contributed by atoms with van der Waals surface area (Å²) >= 11 is 9.19. The third-order valence-electron chi connectivity index (χ3n) is 3.24. The van der Waals surface area contributed by atoms with Gasteiger partial charge in [0.25, 0.3) is 0 Å². The number of carbonyl (C=O) groups is 3. The van der Waals surface area contributed by atoms with E-state index in [0.29, 0.717) is 9.50 Å². The lowest BCUT2D eigenvalue weighted by atomic mass is 10.0. The van der Waals surface area contributed by atoms with Gasteiger partial charge in [0.1, 0.15) is 17.9 Å². The molecule has 0 fully saturated rings. The van der Waals surface area contributed by atoms with Gasteiger partial charge in [-0.25, -0.2) is 4.79 Å². The van der Waals surface area contributed by atoms with Crippen molar-refractivity contribution in [1.82, 2.24) is 10.6 Å². The van der Waals surface area contributed by atoms with Gasteiger partial charge in [0.05, 0.1) is 23.5 Å². The lowest BCUT2D eigenvalue weighted by Crippen LogP contribution is -2.41. The SMILES string of the molecule is CCOC(=O)C[C@@H](NC(=O)CNC(=O)OC(C)(C)C)c1cc(Cl)cc(Br)c1O. The van der Waals surface area contributed by atoms with Gasteiger partial charge in [0.2, 0.25) is 5.91 Å². The van der Waals surface area contributed by atoms with Crippen LogP contribution in [0.4, 0.5) is 4.79 Å². The lowest BCUT2D eigenvalue weighted by molar-refractivity contribution is -0.143. The molecule has 0 saturated carbocycles. The quantitative estimate of drug-likeness (QED) is 0.516. The van der Waals surface area contributed by atoms with E-state index in [1.807, 2.05) is 0 Å². The van der Waals surface area contributed by atoms with Crippen molar-refractivity contribution in [2.45, 2.75) is 45.8 Å². The van der Waals surface area contributed by atoms with Gasteiger partial charge in [0, 0.05) is 10.6 Å². The number of phenolic OH excluding ortho intramolecular Hbond substituents is 1. The van der Waals surface area contributed by atoms with Crippen LogP contribution >= 0.6 is 27.5 Å². The van der Waals surface area contributed by atoms with Gasteiger partial charge in [0.15, 0.2) is 0 Å². The highest BCUT2D eigenvalue weighted by atomic mass is 79.9. The molecule has 8 nitrogen and oxygen atoms in total. The zero-order valence-corrected chi connectivity index (χ0v) is 18.4. The predicted octanol–water partition coefficient (Wildman–Crippen LogP) is 3.44. The van der Waals surface area contributed by atoms with Crippen molar-refractivity contribution in [3.63, 3.8) is 0 Å². The Hall–Kier alpha value is -2.00. The van der Waals surface area contributed by atoms with E-state index in [9.17, 15) is 19.5 Å². The third-order valence-corrected chi connectivity index (χ3v) is 4.06. The summed E-state index contributed by atoms with van der Waals surface area (Å²) in [5.74, 6) is -1.32. The number of hydrogen-bond donors (Lipinski definition) is 3. The first-order chi connectivity index (χ1) is 12.9. The summed E-state index contributed by atoms with van der Waals surface area (Å²) in [5, 5.41) is 15.5. The molecule has 1 rings (SSSR count). The van der Waals surface area contributed by atoms with Crippen LogP contribution in [0.15, 0.2) is 16.6 Å². The van der Waals surface area contributed by atoms with Gasteiger partial charge in [-0.2, -0.15) is 0 Å². The normalized spacial score (nSPS) is 12.1. The molecule has 1 aromatic carbocycles. The fourth-order valence-corrected chi connectivity index (χ4v) is 3.02. The molecule has 2 amide bonds. The number of amides is 2. The maximum absolute atomic E-state index is 12.3. The van der Waals surface area contributed by atoms with Crippen molar-refractivity contribution in [2.75, 3.05) is 13.2 Å². The third kappa shape index (κ3) is 8.35. The number of esters is 1. The molecule has 28 heavy (non-hydrogen) atoms. The second kappa shape index (κ2) is 10.5. The number of carbonyl (C=O) groups excluding carboxylic acids is 3. The smallest absolute Gasteiger partial charge is 0.408 e. The van der Waals surface area contributed by atoms with E-state index < -0.39 is 29.6 Å². The Bertz CT molecular complexity index is 736. The number of halogens is 2. The van der Waals surface area contributed by atoms with Gasteiger partial charge in [-0.15, -0.1) is 0 Å². The van der Waals surface area contributed by atoms with E-state index in [1.165, 1.54) is 12.1 Å². The predicted molar refractivity (Wildman–Crippen MR) is 107 cm³/mol. The van der Waals surface area contributed by atoms with Crippen LogP contribution in [0.1, 0.15) is 45.7 Å². The summed E-state index contributed by atoms with van der Waals surface area (Å²) in [7, 11) is 0. The van der Waals surface area contributed by atoms with Crippen LogP contribution in [0, 0.1) is 0 Å². The maximum Gasteiger partial charge on any atom is 0.408 e. The molecular formula is C18H24BrClN2O6. The Balaban J connectivity index is 2.91. The molecule has 1 aromatic rings. The molecule has 10 heteroatoms. The number of benzene rings is 1. The Morgan fingerprint density at radius 1 is 1.29 bits per heavy atom. The van der Waals surface area contributed by atoms with E-state index in [0.717, 1.165) is 0 Å². The number of ether oxygens (including phenoxy) is 2. The van der Waals surface area contributed by atoms with Crippen molar-refractivity contribution in [1.29, 1.82) is 0 Å². The van der Waals surface area contributed by atoms with Crippen LogP contribution in [-0.4, -0.2) is 41.8 Å². The maximum atomic E-state index is 12.3. The van der Waals surface area contributed by atoms with Gasteiger partial charge >= 0.3 is 12.1 Å². The molecule has 0 bridgehead atoms. The van der Waals surface area contributed by atoms with Gasteiger partial charge in [-0.3, -0.25) is 9.59 Å². The van der Waals surface area contributed by atoms with Crippen LogP contribution in [0.25, 0.3) is 0 Å². The number of aromatic hydroxyl groups is 1. The Morgan fingerprint density at radius 2 is 1.93 bits per heavy atom. The summed E-state index contributed by atoms with van der Waals surface area (Å²) in [6.07, 6.45) is -0.982. The first-order valence-corrected chi connectivity index (χ1v) is 9.69. The molecule has 156 valence electrons. The second-order valence-corrected chi connectivity index (χ2v) is 8.10. The van der Waals surface area contributed by atoms with E-state index >= 15 is 0 Å². The number of nitrogens with one attached hydrogen (secondary N) is 2. The monoisotopic (exact) mass is 478 g/mol. The van der Waals surface area contributed by atoms with Crippen LogP contribution in [0.3, 0.4) is 0 Å². The molecule has 0 aliphatic heterocycles. The van der Waals surface area contributed by atoms with Crippen molar-refractivity contribution in [3.05, 3.63) is 27.2 Å². The van der Waals surface area contributed by atoms with Gasteiger partial charge < -0.3 is 25.2 Å². The number of hydrogen-bond acceptors (Lipinski definition) is 6. The molecule has 1 atom stereocenters. The van der Waals surface area contributed by atoms with E-state index in [2.05, 4.69) is 26.6 Å². The Morgan fingerprint density at radius 3 is 2.50 bits per heavy atom. The Labute approximate surface area is 177 Å². The molecule has 0 radical (unpaired) electrons. The molecule has 0 saturated heterocycles. The van der Waals surface area contributed by atoms with E-state index in [4.69, 9.17) is 21.1 Å². The van der Waals surface area contributed by atoms with Crippen LogP contribution in [0.2, 0.25) is 5.02 Å². The van der Waals surface area contributed by atoms with Crippen molar-refractivity contribution >= 4 is 45.5 Å². The minimum absolute atomic E-state index is 0.168. The summed E-state index contributed by atoms with van der Waals surface area (Å²) in [6, 6.07) is 2.00. The highest BCUT2D eigenvalue weighted by molar-refractivity contribution is 9.10. The number of phenols is 1. The summed E-state index contributed by atoms with van der Waals surface area (Å²) in [6.45, 7) is 6.54. The summed E-state index contributed by atoms with van der Waals surface area (Å²) < 4.78 is 10.3. The van der Waals surface area contributed by atoms with E-state index in [1.54, 1.807) is 27.7 Å². The number of rotatable bonds is 7. The summed E-state index contributed by atoms with van der Waals surface area (Å²) in [5.41, 5.74) is -0.468. The largest absolute Gasteiger partial charge is 0.506 e. The van der Waals surface area contributed by atoms with Crippen LogP contribution in [0.5, 0.6) is 5.75 Å². The minimum atomic E-state index is -0.915. The highest BCUT2D eigenvalue weighted by Crippen LogP contribution is 2.36. The molecule has 0 aliphatic rings. The molecular weight excluding hydrogens is 456 g/mol. The fourth-order valence-electron chi connectivity index (χ4n) is 2.19. The number of alkyl carbamates (subject to hydrolysis) is 1. The highest BCUT2D eigenvalue weighted by Gasteiger charge is 2.24. The standard InChI is InChI=1S/C18H24BrClN2O6/c1-5-27-15(24)8-13(11-6-10(20)7-12(19)16(11)25)22-14(23)9-21-17(26)28-18(2,3)4/h6-7,13,25H,5,8-9H2,1-4H3,(H,21,26)(H,22,23)/t13-/m1/s1. The molecule has 0 aliphatic carbocycles. The van der Waals surface area contributed by atoms with Gasteiger partial charge in [-0.1, -0.05) is 11.6 Å². The first-order valence-electron chi connectivity index (χ1n) is 8.52. The molecule has 3 N–H and O–H groups in total. The van der Waals surface area contributed by atoms with Crippen molar-refractivity contribution in [3.8, 4) is 5.75 Å². The molecule has 0 spiro atoms. The van der Waals surface area contributed by atoms with E-state index in [-0.39, 0.29) is 30.9 Å². The topological polar surface area (TPSA) is 114 Å². The average Bonchev–Trinajstić information content (AvgIpc) is 2.54. The molecule has 0 unspecified atom stereocenters. The van der Waals surface area contributed by atoms with Crippen LogP contribution < -0.4 is 10.6 Å². The lowest BCUT2D eigenvalue weighted by Gasteiger charge is -2.22. The first kappa shape index (κ1) is 24.0. The van der Waals surface area contributed by atoms with Crippen molar-refractivity contribution in [2.24, 2.45) is 0 Å². The fraction of sp³-hybridized carbons (Fsp3) is 0.500. The average molecular weight is 480 g/mol. The zero-order valence-electron chi connectivity index (χ0n) is 16.1. The molecule has 0 heterocycles. The van der Waals surface area contributed by atoms with Crippen LogP contribution in [-0.2, 0) is 19.1 Å².